The average molecular weight is 383 g/mol. The fourth-order valence-electron chi connectivity index (χ4n) is 2.92. The van der Waals surface area contributed by atoms with Crippen LogP contribution in [-0.2, 0) is 36.5 Å². The summed E-state index contributed by atoms with van der Waals surface area (Å²) >= 11 is 0. The van der Waals surface area contributed by atoms with Gasteiger partial charge in [0.05, 0.1) is 7.11 Å². The SMILES string of the molecule is COB(OC)c1ccc(C[C@H](NC(=O)CCc2ccccc2)C(=O)OC)cc1. The highest BCUT2D eigenvalue weighted by atomic mass is 16.6. The van der Waals surface area contributed by atoms with Crippen LogP contribution in [0.4, 0.5) is 0 Å². The second-order valence-corrected chi connectivity index (χ2v) is 6.38. The lowest BCUT2D eigenvalue weighted by molar-refractivity contribution is -0.145. The molecule has 1 atom stereocenters. The molecule has 0 spiro atoms. The van der Waals surface area contributed by atoms with E-state index in [1.165, 1.54) is 7.11 Å². The molecule has 0 aliphatic carbocycles. The number of hydrogen-bond acceptors (Lipinski definition) is 5. The predicted molar refractivity (Wildman–Crippen MR) is 108 cm³/mol. The average Bonchev–Trinajstić information content (AvgIpc) is 2.74. The smallest absolute Gasteiger partial charge is 0.467 e. The van der Waals surface area contributed by atoms with Crippen LogP contribution in [0, 0.1) is 0 Å². The summed E-state index contributed by atoms with van der Waals surface area (Å²) in [6, 6.07) is 16.5. The van der Waals surface area contributed by atoms with Crippen LogP contribution >= 0.6 is 0 Å². The van der Waals surface area contributed by atoms with Gasteiger partial charge in [0.2, 0.25) is 5.91 Å². The van der Waals surface area contributed by atoms with Crippen LogP contribution in [0.15, 0.2) is 54.6 Å². The molecular formula is C21H26BNO5. The number of nitrogens with one attached hydrogen (secondary N) is 1. The van der Waals surface area contributed by atoms with E-state index >= 15 is 0 Å². The second kappa shape index (κ2) is 11.3. The predicted octanol–water partition coefficient (Wildman–Crippen LogP) is 1.51. The molecule has 2 aromatic carbocycles. The van der Waals surface area contributed by atoms with Crippen LogP contribution in [0.25, 0.3) is 0 Å². The summed E-state index contributed by atoms with van der Waals surface area (Å²) in [5, 5.41) is 2.78. The van der Waals surface area contributed by atoms with E-state index in [1.807, 2.05) is 54.6 Å². The second-order valence-electron chi connectivity index (χ2n) is 6.38. The van der Waals surface area contributed by atoms with Crippen molar-refractivity contribution in [1.82, 2.24) is 5.32 Å². The Labute approximate surface area is 166 Å². The Morgan fingerprint density at radius 1 is 0.929 bits per heavy atom. The van der Waals surface area contributed by atoms with Crippen LogP contribution in [0.5, 0.6) is 0 Å². The number of carbonyl (C=O) groups is 2. The first-order chi connectivity index (χ1) is 13.6. The maximum absolute atomic E-state index is 12.3. The lowest BCUT2D eigenvalue weighted by Gasteiger charge is -2.17. The molecular weight excluding hydrogens is 357 g/mol. The van der Waals surface area contributed by atoms with Gasteiger partial charge in [-0.05, 0) is 23.0 Å². The molecule has 0 fully saturated rings. The summed E-state index contributed by atoms with van der Waals surface area (Å²) in [4.78, 5) is 24.4. The largest absolute Gasteiger partial charge is 0.493 e. The van der Waals surface area contributed by atoms with Crippen molar-refractivity contribution in [2.75, 3.05) is 21.3 Å². The van der Waals surface area contributed by atoms with Gasteiger partial charge in [0.25, 0.3) is 0 Å². The quantitative estimate of drug-likeness (QED) is 0.497. The molecule has 2 aromatic rings. The van der Waals surface area contributed by atoms with Crippen molar-refractivity contribution in [1.29, 1.82) is 0 Å². The van der Waals surface area contributed by atoms with E-state index in [-0.39, 0.29) is 5.91 Å². The third-order valence-electron chi connectivity index (χ3n) is 4.42. The van der Waals surface area contributed by atoms with E-state index in [1.54, 1.807) is 14.2 Å². The summed E-state index contributed by atoms with van der Waals surface area (Å²) in [5.41, 5.74) is 2.84. The number of ether oxygens (including phenoxy) is 1. The normalized spacial score (nSPS) is 11.5. The number of carbonyl (C=O) groups excluding carboxylic acids is 2. The number of amides is 1. The molecule has 28 heavy (non-hydrogen) atoms. The van der Waals surface area contributed by atoms with Gasteiger partial charge in [-0.25, -0.2) is 4.79 Å². The van der Waals surface area contributed by atoms with Crippen molar-refractivity contribution in [3.63, 3.8) is 0 Å². The summed E-state index contributed by atoms with van der Waals surface area (Å²) in [7, 11) is 4.01. The molecule has 2 rings (SSSR count). The van der Waals surface area contributed by atoms with Crippen LogP contribution in [0.3, 0.4) is 0 Å². The first-order valence-electron chi connectivity index (χ1n) is 9.13. The minimum Gasteiger partial charge on any atom is -0.467 e. The number of hydrogen-bond donors (Lipinski definition) is 1. The lowest BCUT2D eigenvalue weighted by Crippen LogP contribution is -2.43. The van der Waals surface area contributed by atoms with Gasteiger partial charge in [-0.15, -0.1) is 0 Å². The molecule has 0 saturated heterocycles. The zero-order chi connectivity index (χ0) is 20.4. The van der Waals surface area contributed by atoms with E-state index in [9.17, 15) is 9.59 Å². The van der Waals surface area contributed by atoms with E-state index in [0.717, 1.165) is 16.6 Å². The first kappa shape index (κ1) is 21.7. The highest BCUT2D eigenvalue weighted by Crippen LogP contribution is 2.07. The highest BCUT2D eigenvalue weighted by Gasteiger charge is 2.23. The fraction of sp³-hybridized carbons (Fsp3) is 0.333. The van der Waals surface area contributed by atoms with Crippen LogP contribution in [-0.4, -0.2) is 46.4 Å². The molecule has 7 heteroatoms. The molecule has 6 nitrogen and oxygen atoms in total. The van der Waals surface area contributed by atoms with Crippen molar-refractivity contribution in [2.24, 2.45) is 0 Å². The Morgan fingerprint density at radius 3 is 2.14 bits per heavy atom. The highest BCUT2D eigenvalue weighted by molar-refractivity contribution is 6.61. The van der Waals surface area contributed by atoms with Crippen molar-refractivity contribution in [3.05, 3.63) is 65.7 Å². The van der Waals surface area contributed by atoms with Gasteiger partial charge in [-0.1, -0.05) is 54.6 Å². The molecule has 0 unspecified atom stereocenters. The summed E-state index contributed by atoms with van der Waals surface area (Å²) in [5.74, 6) is -0.654. The number of rotatable bonds is 10. The Bertz CT molecular complexity index is 747. The van der Waals surface area contributed by atoms with Gasteiger partial charge in [0.15, 0.2) is 0 Å². The maximum Gasteiger partial charge on any atom is 0.493 e. The molecule has 0 bridgehead atoms. The van der Waals surface area contributed by atoms with E-state index in [2.05, 4.69) is 5.32 Å². The van der Waals surface area contributed by atoms with Gasteiger partial charge in [-0.2, -0.15) is 0 Å². The topological polar surface area (TPSA) is 73.9 Å². The number of benzene rings is 2. The molecule has 0 aliphatic rings. The van der Waals surface area contributed by atoms with Gasteiger partial charge >= 0.3 is 13.1 Å². The molecule has 0 aromatic heterocycles. The first-order valence-corrected chi connectivity index (χ1v) is 9.13. The molecule has 0 saturated carbocycles. The number of aryl methyl sites for hydroxylation is 1. The third-order valence-corrected chi connectivity index (χ3v) is 4.42. The summed E-state index contributed by atoms with van der Waals surface area (Å²) in [6.45, 7) is 0. The molecule has 0 aliphatic heterocycles. The summed E-state index contributed by atoms with van der Waals surface area (Å²) in [6.07, 6.45) is 1.26. The Kier molecular flexibility index (Phi) is 8.71. The zero-order valence-corrected chi connectivity index (χ0v) is 16.5. The molecule has 0 radical (unpaired) electrons. The van der Waals surface area contributed by atoms with Gasteiger partial charge in [-0.3, -0.25) is 4.79 Å². The molecule has 148 valence electrons. The number of methoxy groups -OCH3 is 1. The minimum absolute atomic E-state index is 0.185. The van der Waals surface area contributed by atoms with Crippen molar-refractivity contribution in [2.45, 2.75) is 25.3 Å². The third kappa shape index (κ3) is 6.51. The number of esters is 1. The standard InChI is InChI=1S/C21H26BNO5/c1-26-21(25)19(23-20(24)14-11-16-7-5-4-6-8-16)15-17-9-12-18(13-10-17)22(27-2)28-3/h4-10,12-13,19H,11,14-15H2,1-3H3,(H,23,24)/t19-/m0/s1. The minimum atomic E-state index is -0.736. The van der Waals surface area contributed by atoms with Crippen molar-refractivity contribution < 1.29 is 23.6 Å². The molecule has 0 heterocycles. The Morgan fingerprint density at radius 2 is 1.57 bits per heavy atom. The van der Waals surface area contributed by atoms with E-state index < -0.39 is 19.1 Å². The van der Waals surface area contributed by atoms with Gasteiger partial charge < -0.3 is 19.4 Å². The van der Waals surface area contributed by atoms with Crippen LogP contribution in [0.2, 0.25) is 0 Å². The molecule has 1 N–H and O–H groups in total. The van der Waals surface area contributed by atoms with Crippen LogP contribution in [0.1, 0.15) is 17.5 Å². The lowest BCUT2D eigenvalue weighted by atomic mass is 9.78. The van der Waals surface area contributed by atoms with Crippen LogP contribution < -0.4 is 10.8 Å². The maximum atomic E-state index is 12.3. The molecule has 1 amide bonds. The van der Waals surface area contributed by atoms with Gasteiger partial charge in [0.1, 0.15) is 6.04 Å². The Balaban J connectivity index is 1.97. The van der Waals surface area contributed by atoms with E-state index in [0.29, 0.717) is 19.3 Å². The van der Waals surface area contributed by atoms with Crippen molar-refractivity contribution in [3.8, 4) is 0 Å². The van der Waals surface area contributed by atoms with E-state index in [4.69, 9.17) is 14.0 Å². The monoisotopic (exact) mass is 383 g/mol. The Hall–Kier alpha value is -2.64. The van der Waals surface area contributed by atoms with Crippen molar-refractivity contribution >= 4 is 24.5 Å². The zero-order valence-electron chi connectivity index (χ0n) is 16.5. The van der Waals surface area contributed by atoms with Gasteiger partial charge in [0, 0.05) is 27.1 Å². The summed E-state index contributed by atoms with van der Waals surface area (Å²) < 4.78 is 15.3. The fourth-order valence-corrected chi connectivity index (χ4v) is 2.92.